The SMILES string of the molecule is CONc1ccn([C@H]2O[C@@H](CO)[C@@H](O)[C@H]2O)c(=O)n1. The summed E-state index contributed by atoms with van der Waals surface area (Å²) < 4.78 is 6.26. The maximum atomic E-state index is 11.8. The second kappa shape index (κ2) is 5.63. The molecule has 19 heavy (non-hydrogen) atoms. The van der Waals surface area contributed by atoms with Crippen LogP contribution in [0.3, 0.4) is 0 Å². The van der Waals surface area contributed by atoms with Gasteiger partial charge in [0.15, 0.2) is 12.0 Å². The molecule has 1 aliphatic heterocycles. The second-order valence-electron chi connectivity index (χ2n) is 4.04. The van der Waals surface area contributed by atoms with Gasteiger partial charge in [0.2, 0.25) is 0 Å². The van der Waals surface area contributed by atoms with E-state index in [1.807, 2.05) is 0 Å². The zero-order valence-corrected chi connectivity index (χ0v) is 10.1. The minimum atomic E-state index is -1.32. The molecule has 1 aromatic heterocycles. The van der Waals surface area contributed by atoms with Crippen molar-refractivity contribution in [3.05, 3.63) is 22.7 Å². The first-order chi connectivity index (χ1) is 9.08. The van der Waals surface area contributed by atoms with E-state index >= 15 is 0 Å². The van der Waals surface area contributed by atoms with Gasteiger partial charge in [0.05, 0.1) is 13.7 Å². The van der Waals surface area contributed by atoms with Crippen LogP contribution in [0.15, 0.2) is 17.1 Å². The van der Waals surface area contributed by atoms with Crippen LogP contribution in [0.1, 0.15) is 6.23 Å². The Morgan fingerprint density at radius 1 is 1.53 bits per heavy atom. The molecule has 2 heterocycles. The molecule has 0 radical (unpaired) electrons. The third kappa shape index (κ3) is 2.60. The highest BCUT2D eigenvalue weighted by molar-refractivity contribution is 5.28. The quantitative estimate of drug-likeness (QED) is 0.456. The Morgan fingerprint density at radius 3 is 2.79 bits per heavy atom. The molecule has 0 bridgehead atoms. The van der Waals surface area contributed by atoms with Crippen LogP contribution in [0.5, 0.6) is 0 Å². The van der Waals surface area contributed by atoms with Gasteiger partial charge in [-0.05, 0) is 6.07 Å². The molecule has 9 heteroatoms. The molecule has 4 N–H and O–H groups in total. The number of anilines is 1. The van der Waals surface area contributed by atoms with Crippen molar-refractivity contribution in [2.45, 2.75) is 24.5 Å². The summed E-state index contributed by atoms with van der Waals surface area (Å²) in [7, 11) is 1.37. The smallest absolute Gasteiger partial charge is 0.351 e. The van der Waals surface area contributed by atoms with E-state index in [-0.39, 0.29) is 5.82 Å². The van der Waals surface area contributed by atoms with Crippen LogP contribution in [0, 0.1) is 0 Å². The Bertz CT molecular complexity index is 492. The highest BCUT2D eigenvalue weighted by Gasteiger charge is 2.43. The van der Waals surface area contributed by atoms with Crippen molar-refractivity contribution in [3.8, 4) is 0 Å². The first-order valence-electron chi connectivity index (χ1n) is 5.59. The van der Waals surface area contributed by atoms with Crippen molar-refractivity contribution < 1.29 is 24.9 Å². The molecular weight excluding hydrogens is 258 g/mol. The van der Waals surface area contributed by atoms with Crippen LogP contribution in [0.25, 0.3) is 0 Å². The van der Waals surface area contributed by atoms with Crippen LogP contribution in [0.4, 0.5) is 5.82 Å². The molecule has 0 aliphatic carbocycles. The van der Waals surface area contributed by atoms with Crippen molar-refractivity contribution in [1.82, 2.24) is 9.55 Å². The summed E-state index contributed by atoms with van der Waals surface area (Å²) in [4.78, 5) is 20.0. The number of aromatic nitrogens is 2. The molecule has 1 aliphatic rings. The summed E-state index contributed by atoms with van der Waals surface area (Å²) in [6, 6.07) is 1.44. The number of aliphatic hydroxyl groups is 3. The van der Waals surface area contributed by atoms with Gasteiger partial charge in [-0.15, -0.1) is 0 Å². The van der Waals surface area contributed by atoms with Gasteiger partial charge in [-0.25, -0.2) is 10.3 Å². The van der Waals surface area contributed by atoms with E-state index in [0.29, 0.717) is 0 Å². The summed E-state index contributed by atoms with van der Waals surface area (Å²) in [5.41, 5.74) is 1.71. The predicted molar refractivity (Wildman–Crippen MR) is 62.1 cm³/mol. The lowest BCUT2D eigenvalue weighted by Gasteiger charge is -2.17. The summed E-state index contributed by atoms with van der Waals surface area (Å²) in [6.07, 6.45) is -3.28. The van der Waals surface area contributed by atoms with Crippen LogP contribution < -0.4 is 11.2 Å². The number of nitrogens with one attached hydrogen (secondary N) is 1. The van der Waals surface area contributed by atoms with E-state index in [2.05, 4.69) is 15.3 Å². The van der Waals surface area contributed by atoms with Crippen LogP contribution in [0.2, 0.25) is 0 Å². The number of hydrogen-bond acceptors (Lipinski definition) is 8. The first kappa shape index (κ1) is 13.9. The van der Waals surface area contributed by atoms with Crippen LogP contribution in [-0.4, -0.2) is 56.9 Å². The monoisotopic (exact) mass is 273 g/mol. The lowest BCUT2D eigenvalue weighted by Crippen LogP contribution is -2.36. The fourth-order valence-corrected chi connectivity index (χ4v) is 1.88. The molecule has 2 rings (SSSR count). The Kier molecular flexibility index (Phi) is 4.12. The van der Waals surface area contributed by atoms with Gasteiger partial charge in [-0.3, -0.25) is 9.40 Å². The third-order valence-electron chi connectivity index (χ3n) is 2.83. The zero-order valence-electron chi connectivity index (χ0n) is 10.1. The summed E-state index contributed by atoms with van der Waals surface area (Å²) >= 11 is 0. The minimum absolute atomic E-state index is 0.204. The fourth-order valence-electron chi connectivity index (χ4n) is 1.88. The highest BCUT2D eigenvalue weighted by atomic mass is 16.6. The fraction of sp³-hybridized carbons (Fsp3) is 0.600. The third-order valence-corrected chi connectivity index (χ3v) is 2.83. The Morgan fingerprint density at radius 2 is 2.26 bits per heavy atom. The van der Waals surface area contributed by atoms with E-state index in [1.165, 1.54) is 19.4 Å². The number of ether oxygens (including phenoxy) is 1. The van der Waals surface area contributed by atoms with E-state index in [9.17, 15) is 15.0 Å². The van der Waals surface area contributed by atoms with Crippen LogP contribution >= 0.6 is 0 Å². The topological polar surface area (TPSA) is 126 Å². The zero-order chi connectivity index (χ0) is 14.0. The van der Waals surface area contributed by atoms with Crippen LogP contribution in [-0.2, 0) is 9.57 Å². The standard InChI is InChI=1S/C10H15N3O6/c1-18-12-6-2-3-13(10(17)11-6)9-8(16)7(15)5(4-14)19-9/h2-3,5,7-9,14-16H,4H2,1H3,(H,11,12,17)/t5-,7+,8+,9-/m0/s1. The molecule has 4 atom stereocenters. The lowest BCUT2D eigenvalue weighted by atomic mass is 10.1. The molecule has 1 aromatic rings. The molecular formula is C10H15N3O6. The van der Waals surface area contributed by atoms with Crippen molar-refractivity contribution in [2.75, 3.05) is 19.2 Å². The number of nitrogens with zero attached hydrogens (tertiary/aromatic N) is 2. The molecule has 0 aromatic carbocycles. The van der Waals surface area contributed by atoms with Crippen molar-refractivity contribution in [2.24, 2.45) is 0 Å². The highest BCUT2D eigenvalue weighted by Crippen LogP contribution is 2.27. The molecule has 0 spiro atoms. The molecule has 1 fully saturated rings. The van der Waals surface area contributed by atoms with E-state index in [0.717, 1.165) is 4.57 Å². The number of aliphatic hydroxyl groups excluding tert-OH is 3. The molecule has 0 unspecified atom stereocenters. The molecule has 9 nitrogen and oxygen atoms in total. The van der Waals surface area contributed by atoms with Gasteiger partial charge in [-0.1, -0.05) is 0 Å². The Labute approximate surface area is 108 Å². The summed E-state index contributed by atoms with van der Waals surface area (Å²) in [5, 5.41) is 28.4. The predicted octanol–water partition coefficient (Wildman–Crippen LogP) is -2.17. The summed E-state index contributed by atoms with van der Waals surface area (Å²) in [5.74, 6) is 0.204. The Balaban J connectivity index is 2.25. The van der Waals surface area contributed by atoms with Gasteiger partial charge in [0.25, 0.3) is 0 Å². The van der Waals surface area contributed by atoms with Crippen molar-refractivity contribution in [3.63, 3.8) is 0 Å². The average molecular weight is 273 g/mol. The molecule has 0 saturated carbocycles. The first-order valence-corrected chi connectivity index (χ1v) is 5.59. The second-order valence-corrected chi connectivity index (χ2v) is 4.04. The van der Waals surface area contributed by atoms with Gasteiger partial charge < -0.3 is 20.1 Å². The largest absolute Gasteiger partial charge is 0.394 e. The summed E-state index contributed by atoms with van der Waals surface area (Å²) in [6.45, 7) is -0.458. The normalized spacial score (nSPS) is 30.5. The molecule has 106 valence electrons. The minimum Gasteiger partial charge on any atom is -0.394 e. The van der Waals surface area contributed by atoms with E-state index in [1.54, 1.807) is 0 Å². The maximum Gasteiger partial charge on any atom is 0.351 e. The van der Waals surface area contributed by atoms with Gasteiger partial charge in [0, 0.05) is 6.20 Å². The maximum absolute atomic E-state index is 11.8. The Hall–Kier alpha value is -1.52. The van der Waals surface area contributed by atoms with Gasteiger partial charge >= 0.3 is 5.69 Å². The van der Waals surface area contributed by atoms with E-state index < -0.39 is 36.8 Å². The average Bonchev–Trinajstić information content (AvgIpc) is 2.67. The number of rotatable bonds is 4. The van der Waals surface area contributed by atoms with Gasteiger partial charge in [0.1, 0.15) is 18.3 Å². The van der Waals surface area contributed by atoms with Crippen molar-refractivity contribution in [1.29, 1.82) is 0 Å². The van der Waals surface area contributed by atoms with Crippen molar-refractivity contribution >= 4 is 5.82 Å². The molecule has 1 saturated heterocycles. The number of hydrogen-bond donors (Lipinski definition) is 4. The van der Waals surface area contributed by atoms with Gasteiger partial charge in [-0.2, -0.15) is 4.98 Å². The van der Waals surface area contributed by atoms with E-state index in [4.69, 9.17) is 9.84 Å². The molecule has 0 amide bonds. The lowest BCUT2D eigenvalue weighted by molar-refractivity contribution is -0.0549.